The average molecular weight is 420 g/mol. The van der Waals surface area contributed by atoms with Crippen LogP contribution in [0.1, 0.15) is 36.5 Å². The maximum Gasteiger partial charge on any atom is 0.269 e. The molecule has 0 amide bonds. The predicted molar refractivity (Wildman–Crippen MR) is 118 cm³/mol. The molecular weight excluding hydrogens is 398 g/mol. The van der Waals surface area contributed by atoms with Crippen LogP contribution in [0.5, 0.6) is 0 Å². The van der Waals surface area contributed by atoms with Crippen LogP contribution in [0.15, 0.2) is 64.8 Å². The summed E-state index contributed by atoms with van der Waals surface area (Å²) >= 11 is 1.38. The van der Waals surface area contributed by atoms with Gasteiger partial charge in [0.05, 0.1) is 16.0 Å². The van der Waals surface area contributed by atoms with Crippen molar-refractivity contribution in [2.45, 2.75) is 32.4 Å². The van der Waals surface area contributed by atoms with Crippen LogP contribution >= 0.6 is 11.8 Å². The van der Waals surface area contributed by atoms with Crippen molar-refractivity contribution in [3.05, 3.63) is 86.6 Å². The Morgan fingerprint density at radius 2 is 1.97 bits per heavy atom. The van der Waals surface area contributed by atoms with Crippen molar-refractivity contribution < 1.29 is 9.72 Å². The van der Waals surface area contributed by atoms with E-state index in [1.165, 1.54) is 30.8 Å². The molecular formula is C23H21N3O3S. The number of benzene rings is 2. The van der Waals surface area contributed by atoms with Gasteiger partial charge in [-0.3, -0.25) is 14.9 Å². The Bertz CT molecular complexity index is 1110. The minimum Gasteiger partial charge on any atom is -0.295 e. The lowest BCUT2D eigenvalue weighted by atomic mass is 9.77. The summed E-state index contributed by atoms with van der Waals surface area (Å²) in [6.07, 6.45) is 0. The summed E-state index contributed by atoms with van der Waals surface area (Å²) in [7, 11) is 0. The molecule has 7 heteroatoms. The number of hydrogen-bond acceptors (Lipinski definition) is 6. The van der Waals surface area contributed by atoms with Crippen LogP contribution in [0.2, 0.25) is 0 Å². The van der Waals surface area contributed by atoms with Gasteiger partial charge in [-0.25, -0.2) is 4.99 Å². The van der Waals surface area contributed by atoms with Gasteiger partial charge in [-0.05, 0) is 31.9 Å². The molecule has 30 heavy (non-hydrogen) atoms. The minimum atomic E-state index is -0.599. The number of allylic oxidation sites excluding steroid dienone is 2. The number of nitro benzene ring substituents is 1. The lowest BCUT2D eigenvalue weighted by Gasteiger charge is -2.30. The van der Waals surface area contributed by atoms with E-state index in [1.54, 1.807) is 13.0 Å². The van der Waals surface area contributed by atoms with Gasteiger partial charge in [-0.15, -0.1) is 11.8 Å². The fraction of sp³-hybridized carbons (Fsp3) is 0.261. The first-order chi connectivity index (χ1) is 14.3. The second kappa shape index (κ2) is 9.06. The number of nitrogens with zero attached hydrogens (tertiary/aromatic N) is 3. The molecule has 0 bridgehead atoms. The molecule has 0 spiro atoms. The highest BCUT2D eigenvalue weighted by atomic mass is 32.2. The molecule has 2 aromatic carbocycles. The number of non-ortho nitro benzene ring substituents is 1. The molecule has 0 aliphatic carbocycles. The van der Waals surface area contributed by atoms with E-state index in [1.807, 2.05) is 37.3 Å². The van der Waals surface area contributed by atoms with Crippen molar-refractivity contribution >= 4 is 28.3 Å². The minimum absolute atomic E-state index is 0.0306. The Morgan fingerprint density at radius 3 is 2.60 bits per heavy atom. The van der Waals surface area contributed by atoms with Gasteiger partial charge in [-0.2, -0.15) is 5.26 Å². The molecule has 6 nitrogen and oxygen atoms in total. The topological polar surface area (TPSA) is 96.4 Å². The van der Waals surface area contributed by atoms with E-state index < -0.39 is 16.8 Å². The second-order valence-corrected chi connectivity index (χ2v) is 8.22. The average Bonchev–Trinajstić information content (AvgIpc) is 2.71. The lowest BCUT2D eigenvalue weighted by Crippen LogP contribution is -2.28. The van der Waals surface area contributed by atoms with Gasteiger partial charge < -0.3 is 0 Å². The number of ketones is 1. The Morgan fingerprint density at radius 1 is 1.23 bits per heavy atom. The fourth-order valence-corrected chi connectivity index (χ4v) is 4.76. The molecule has 0 saturated carbocycles. The zero-order valence-electron chi connectivity index (χ0n) is 17.0. The molecule has 1 unspecified atom stereocenters. The molecule has 0 saturated heterocycles. The fourth-order valence-electron chi connectivity index (χ4n) is 3.69. The first-order valence-corrected chi connectivity index (χ1v) is 10.4. The quantitative estimate of drug-likeness (QED) is 0.482. The van der Waals surface area contributed by atoms with Crippen LogP contribution in [0, 0.1) is 34.3 Å². The summed E-state index contributed by atoms with van der Waals surface area (Å²) in [6.45, 7) is 5.28. The zero-order valence-corrected chi connectivity index (χ0v) is 17.8. The van der Waals surface area contributed by atoms with Crippen molar-refractivity contribution in [2.24, 2.45) is 10.9 Å². The summed E-state index contributed by atoms with van der Waals surface area (Å²) in [5.41, 5.74) is 3.95. The van der Waals surface area contributed by atoms with Crippen LogP contribution in [-0.2, 0) is 10.5 Å². The number of nitriles is 1. The Labute approximate surface area is 179 Å². The summed E-state index contributed by atoms with van der Waals surface area (Å²) in [6, 6.07) is 16.6. The van der Waals surface area contributed by atoms with Crippen molar-refractivity contribution in [3.63, 3.8) is 0 Å². The molecule has 0 N–H and O–H groups in total. The first kappa shape index (κ1) is 21.5. The number of carbonyl (C=O) groups excluding carboxylic acids is 1. The summed E-state index contributed by atoms with van der Waals surface area (Å²) < 4.78 is 0. The smallest absolute Gasteiger partial charge is 0.269 e. The van der Waals surface area contributed by atoms with Gasteiger partial charge in [0.1, 0.15) is 5.92 Å². The van der Waals surface area contributed by atoms with E-state index >= 15 is 0 Å². The number of Topliss-reactive ketones (excluding diaryl/α,β-unsaturated/α-hetero) is 1. The number of hydrogen-bond donors (Lipinski definition) is 0. The first-order valence-electron chi connectivity index (χ1n) is 9.44. The van der Waals surface area contributed by atoms with Crippen LogP contribution in [0.4, 0.5) is 5.69 Å². The number of aliphatic imine (C=N–C) groups is 1. The van der Waals surface area contributed by atoms with Gasteiger partial charge >= 0.3 is 0 Å². The van der Waals surface area contributed by atoms with E-state index in [-0.39, 0.29) is 11.5 Å². The largest absolute Gasteiger partial charge is 0.295 e. The molecule has 0 radical (unpaired) electrons. The highest BCUT2D eigenvalue weighted by Gasteiger charge is 2.37. The summed E-state index contributed by atoms with van der Waals surface area (Å²) in [5, 5.41) is 21.6. The standard InChI is InChI=1S/C23H21N3O3S/c1-14-6-4-8-18(10-14)22-20(12-24)23(25-15(2)21(22)16(3)27)30-13-17-7-5-9-19(11-17)26(28)29/h4-11,20,22H,13H2,1-3H3/t20?,22-/m0/s1. The molecule has 152 valence electrons. The number of thioether (sulfide) groups is 1. The number of carbonyl (C=O) groups is 1. The lowest BCUT2D eigenvalue weighted by molar-refractivity contribution is -0.384. The van der Waals surface area contributed by atoms with Crippen molar-refractivity contribution in [1.82, 2.24) is 0 Å². The van der Waals surface area contributed by atoms with Crippen molar-refractivity contribution in [2.75, 3.05) is 0 Å². The van der Waals surface area contributed by atoms with Crippen LogP contribution in [-0.4, -0.2) is 15.8 Å². The SMILES string of the molecule is CC(=O)C1=C(C)N=C(SCc2cccc([N+](=O)[O-])c2)C(C#N)[C@@H]1c1cccc(C)c1. The number of nitro groups is 1. The van der Waals surface area contributed by atoms with Crippen molar-refractivity contribution in [3.8, 4) is 6.07 Å². The van der Waals surface area contributed by atoms with Crippen molar-refractivity contribution in [1.29, 1.82) is 5.26 Å². The van der Waals surface area contributed by atoms with E-state index in [0.717, 1.165) is 16.7 Å². The molecule has 3 rings (SSSR count). The third-order valence-electron chi connectivity index (χ3n) is 5.01. The number of aryl methyl sites for hydroxylation is 1. The molecule has 2 atom stereocenters. The van der Waals surface area contributed by atoms with Crippen LogP contribution in [0.25, 0.3) is 0 Å². The van der Waals surface area contributed by atoms with Crippen LogP contribution < -0.4 is 0 Å². The molecule has 1 aliphatic rings. The maximum absolute atomic E-state index is 12.4. The van der Waals surface area contributed by atoms with E-state index in [0.29, 0.717) is 22.1 Å². The highest BCUT2D eigenvalue weighted by Crippen LogP contribution is 2.42. The third-order valence-corrected chi connectivity index (χ3v) is 6.12. The molecule has 0 aromatic heterocycles. The maximum atomic E-state index is 12.4. The normalized spacial score (nSPS) is 18.5. The van der Waals surface area contributed by atoms with Crippen LogP contribution in [0.3, 0.4) is 0 Å². The third kappa shape index (κ3) is 4.50. The molecule has 1 aliphatic heterocycles. The van der Waals surface area contributed by atoms with E-state index in [4.69, 9.17) is 0 Å². The van der Waals surface area contributed by atoms with E-state index in [2.05, 4.69) is 11.1 Å². The molecule has 0 fully saturated rings. The van der Waals surface area contributed by atoms with Gasteiger partial charge in [0.25, 0.3) is 5.69 Å². The number of rotatable bonds is 5. The van der Waals surface area contributed by atoms with Gasteiger partial charge in [0.15, 0.2) is 5.78 Å². The Kier molecular flexibility index (Phi) is 6.48. The monoisotopic (exact) mass is 419 g/mol. The highest BCUT2D eigenvalue weighted by molar-refractivity contribution is 8.13. The van der Waals surface area contributed by atoms with Gasteiger partial charge in [0, 0.05) is 35.1 Å². The summed E-state index contributed by atoms with van der Waals surface area (Å²) in [5.74, 6) is -0.636. The molecule has 1 heterocycles. The second-order valence-electron chi connectivity index (χ2n) is 7.22. The van der Waals surface area contributed by atoms with Gasteiger partial charge in [-0.1, -0.05) is 42.0 Å². The molecule has 2 aromatic rings. The summed E-state index contributed by atoms with van der Waals surface area (Å²) in [4.78, 5) is 27.6. The van der Waals surface area contributed by atoms with Gasteiger partial charge in [0.2, 0.25) is 0 Å². The zero-order chi connectivity index (χ0) is 21.8. The Balaban J connectivity index is 1.97. The predicted octanol–water partition coefficient (Wildman–Crippen LogP) is 5.34. The Hall–Kier alpha value is -3.24. The van der Waals surface area contributed by atoms with E-state index in [9.17, 15) is 20.2 Å².